The number of carboxylic acids is 1. The number of allylic oxidation sites excluding steroid dienone is 4. The number of hydrogen-bond acceptors (Lipinski definition) is 3. The van der Waals surface area contributed by atoms with E-state index in [4.69, 9.17) is 32.9 Å². The Morgan fingerprint density at radius 2 is 1.82 bits per heavy atom. The number of hydrogen-bond donors (Lipinski definition) is 1. The molecule has 1 aromatic heterocycles. The van der Waals surface area contributed by atoms with E-state index in [1.807, 2.05) is 71.3 Å². The van der Waals surface area contributed by atoms with Gasteiger partial charge in [0.25, 0.3) is 0 Å². The summed E-state index contributed by atoms with van der Waals surface area (Å²) < 4.78 is 8.89. The zero-order chi connectivity index (χ0) is 26.9. The van der Waals surface area contributed by atoms with Crippen molar-refractivity contribution in [2.45, 2.75) is 11.4 Å². The Morgan fingerprint density at radius 1 is 1.11 bits per heavy atom. The number of para-hydroxylation sites is 2. The molecule has 0 amide bonds. The molecule has 1 aliphatic carbocycles. The van der Waals surface area contributed by atoms with Crippen molar-refractivity contribution in [1.82, 2.24) is 9.55 Å². The van der Waals surface area contributed by atoms with Gasteiger partial charge in [-0.15, -0.1) is 11.6 Å². The molecule has 8 heteroatoms. The first kappa shape index (κ1) is 26.3. The van der Waals surface area contributed by atoms with E-state index in [-0.39, 0.29) is 0 Å². The maximum absolute atomic E-state index is 12.6. The van der Waals surface area contributed by atoms with Crippen LogP contribution in [0.25, 0.3) is 16.6 Å². The lowest BCUT2D eigenvalue weighted by Crippen LogP contribution is -2.40. The molecular formula is C30H23BrCl2N2O3. The summed E-state index contributed by atoms with van der Waals surface area (Å²) in [5.74, 6) is -1.06. The topological polar surface area (TPSA) is 64.3 Å². The van der Waals surface area contributed by atoms with Crippen molar-refractivity contribution in [3.8, 4) is 5.75 Å². The molecular weight excluding hydrogens is 587 g/mol. The maximum Gasteiger partial charge on any atom is 0.313 e. The molecule has 1 aliphatic rings. The summed E-state index contributed by atoms with van der Waals surface area (Å²) in [5, 5.41) is 10.8. The van der Waals surface area contributed by atoms with Crippen LogP contribution in [0.5, 0.6) is 5.75 Å². The van der Waals surface area contributed by atoms with Gasteiger partial charge >= 0.3 is 5.97 Å². The van der Waals surface area contributed by atoms with E-state index < -0.39 is 16.8 Å². The molecule has 5 rings (SSSR count). The lowest BCUT2D eigenvalue weighted by Gasteiger charge is -2.36. The number of benzene rings is 3. The molecule has 0 aliphatic heterocycles. The fourth-order valence-corrected chi connectivity index (χ4v) is 5.73. The van der Waals surface area contributed by atoms with Gasteiger partial charge < -0.3 is 14.4 Å². The normalized spacial score (nSPS) is 18.8. The van der Waals surface area contributed by atoms with Gasteiger partial charge in [-0.25, -0.2) is 4.98 Å². The van der Waals surface area contributed by atoms with E-state index in [0.717, 1.165) is 15.7 Å². The number of imidazole rings is 1. The minimum Gasteiger partial charge on any atom is -0.492 e. The number of rotatable bonds is 8. The first-order valence-corrected chi connectivity index (χ1v) is 13.4. The van der Waals surface area contributed by atoms with Gasteiger partial charge in [-0.05, 0) is 53.6 Å². The number of alkyl halides is 1. The van der Waals surface area contributed by atoms with Gasteiger partial charge in [0.15, 0.2) is 0 Å². The minimum atomic E-state index is -1.56. The van der Waals surface area contributed by atoms with E-state index in [1.165, 1.54) is 0 Å². The average molecular weight is 610 g/mol. The van der Waals surface area contributed by atoms with Crippen molar-refractivity contribution < 1.29 is 14.6 Å². The highest BCUT2D eigenvalue weighted by Crippen LogP contribution is 2.51. The van der Waals surface area contributed by atoms with Gasteiger partial charge in [0.05, 0.1) is 17.6 Å². The molecule has 1 heterocycles. The fourth-order valence-electron chi connectivity index (χ4n) is 4.73. The van der Waals surface area contributed by atoms with E-state index >= 15 is 0 Å². The van der Waals surface area contributed by atoms with Crippen LogP contribution in [0.3, 0.4) is 0 Å². The van der Waals surface area contributed by atoms with Crippen molar-refractivity contribution in [3.05, 3.63) is 124 Å². The van der Waals surface area contributed by atoms with Crippen molar-refractivity contribution in [2.75, 3.05) is 6.61 Å². The number of carboxylic acid groups (broad SMARTS) is 1. The van der Waals surface area contributed by atoms with Crippen molar-refractivity contribution in [2.24, 2.45) is 5.92 Å². The Bertz CT molecular complexity index is 1590. The number of halogens is 3. The third-order valence-electron chi connectivity index (χ3n) is 6.55. The molecule has 0 bridgehead atoms. The van der Waals surface area contributed by atoms with E-state index in [1.54, 1.807) is 24.3 Å². The van der Waals surface area contributed by atoms with Crippen LogP contribution >= 0.6 is 39.1 Å². The summed E-state index contributed by atoms with van der Waals surface area (Å²) in [6.07, 6.45) is 5.07. The number of carbonyl (C=O) groups is 1. The summed E-state index contributed by atoms with van der Waals surface area (Å²) in [4.78, 5) is 15.9. The molecule has 38 heavy (non-hydrogen) atoms. The first-order chi connectivity index (χ1) is 18.3. The molecule has 0 saturated heterocycles. The number of fused-ring (bicyclic) bond motifs is 1. The Morgan fingerprint density at radius 3 is 2.55 bits per heavy atom. The van der Waals surface area contributed by atoms with Crippen LogP contribution in [-0.4, -0.2) is 27.2 Å². The molecule has 2 unspecified atom stereocenters. The largest absolute Gasteiger partial charge is 0.492 e. The highest BCUT2D eigenvalue weighted by Gasteiger charge is 2.50. The molecule has 0 saturated carbocycles. The summed E-state index contributed by atoms with van der Waals surface area (Å²) in [5.41, 5.74) is 3.25. The second kappa shape index (κ2) is 10.8. The summed E-state index contributed by atoms with van der Waals surface area (Å²) in [7, 11) is 0. The molecule has 0 radical (unpaired) electrons. The maximum atomic E-state index is 12.6. The molecule has 2 atom stereocenters. The van der Waals surface area contributed by atoms with E-state index in [0.29, 0.717) is 46.2 Å². The van der Waals surface area contributed by atoms with Gasteiger partial charge in [-0.3, -0.25) is 4.79 Å². The third-order valence-corrected chi connectivity index (χ3v) is 8.02. The Balaban J connectivity index is 1.61. The van der Waals surface area contributed by atoms with Crippen LogP contribution in [0.1, 0.15) is 11.4 Å². The molecule has 192 valence electrons. The molecule has 0 spiro atoms. The third kappa shape index (κ3) is 4.80. The highest BCUT2D eigenvalue weighted by atomic mass is 79.9. The van der Waals surface area contributed by atoms with Crippen molar-refractivity contribution in [1.29, 1.82) is 0 Å². The SMILES string of the molecule is C=C(C1=CC=CC(C(=O)O)C1(Cl)c1nc2ccccc2n1CCOc1ccc(Br)cc1)c1ccccc1Cl. The second-order valence-electron chi connectivity index (χ2n) is 8.83. The summed E-state index contributed by atoms with van der Waals surface area (Å²) in [6.45, 7) is 5.00. The quantitative estimate of drug-likeness (QED) is 0.206. The van der Waals surface area contributed by atoms with E-state index in [9.17, 15) is 9.90 Å². The Kier molecular flexibility index (Phi) is 7.48. The first-order valence-electron chi connectivity index (χ1n) is 11.9. The molecule has 3 aromatic carbocycles. The zero-order valence-electron chi connectivity index (χ0n) is 20.2. The minimum absolute atomic E-state index is 0.319. The molecule has 1 N–H and O–H groups in total. The average Bonchev–Trinajstić information content (AvgIpc) is 3.29. The molecule has 5 nitrogen and oxygen atoms in total. The molecule has 0 fully saturated rings. The monoisotopic (exact) mass is 608 g/mol. The Hall–Kier alpha value is -3.32. The van der Waals surface area contributed by atoms with Crippen LogP contribution in [0, 0.1) is 5.92 Å². The molecule has 4 aromatic rings. The van der Waals surface area contributed by atoms with Gasteiger partial charge in [-0.1, -0.05) is 82.7 Å². The van der Waals surface area contributed by atoms with E-state index in [2.05, 4.69) is 22.5 Å². The zero-order valence-corrected chi connectivity index (χ0v) is 23.2. The van der Waals surface area contributed by atoms with Gasteiger partial charge in [-0.2, -0.15) is 0 Å². The van der Waals surface area contributed by atoms with Crippen molar-refractivity contribution >= 4 is 61.7 Å². The number of aliphatic carboxylic acids is 1. The van der Waals surface area contributed by atoms with Crippen molar-refractivity contribution in [3.63, 3.8) is 0 Å². The summed E-state index contributed by atoms with van der Waals surface area (Å²) in [6, 6.07) is 22.5. The fraction of sp³-hybridized carbons (Fsp3) is 0.133. The smallest absolute Gasteiger partial charge is 0.313 e. The predicted octanol–water partition coefficient (Wildman–Crippen LogP) is 7.88. The summed E-state index contributed by atoms with van der Waals surface area (Å²) >= 11 is 17.4. The lowest BCUT2D eigenvalue weighted by atomic mass is 9.76. The Labute approximate surface area is 238 Å². The highest BCUT2D eigenvalue weighted by molar-refractivity contribution is 9.10. The number of aromatic nitrogens is 2. The predicted molar refractivity (Wildman–Crippen MR) is 156 cm³/mol. The lowest BCUT2D eigenvalue weighted by molar-refractivity contribution is -0.141. The van der Waals surface area contributed by atoms with Gasteiger partial charge in [0.1, 0.15) is 29.0 Å². The van der Waals surface area contributed by atoms with Crippen LogP contribution in [0.4, 0.5) is 0 Å². The number of ether oxygens (including phenoxy) is 1. The standard InChI is InChI=1S/C30H23BrCl2N2O3/c1-19(22-7-2-3-10-25(22)32)23-8-6-9-24(28(36)37)30(23,33)29-34-26-11-4-5-12-27(26)35(29)17-18-38-21-15-13-20(31)14-16-21/h2-16,24H,1,17-18H2,(H,36,37). The van der Waals surface area contributed by atoms with Gasteiger partial charge in [0.2, 0.25) is 0 Å². The van der Waals surface area contributed by atoms with Crippen LogP contribution in [0.2, 0.25) is 5.02 Å². The second-order valence-corrected chi connectivity index (χ2v) is 10.7. The van der Waals surface area contributed by atoms with Crippen LogP contribution in [-0.2, 0) is 16.2 Å². The van der Waals surface area contributed by atoms with Crippen LogP contribution in [0.15, 0.2) is 108 Å². The number of nitrogens with zero attached hydrogens (tertiary/aromatic N) is 2. The van der Waals surface area contributed by atoms with Crippen LogP contribution < -0.4 is 4.74 Å². The van der Waals surface area contributed by atoms with Gasteiger partial charge in [0, 0.05) is 15.1 Å².